The number of aromatic nitrogens is 1. The summed E-state index contributed by atoms with van der Waals surface area (Å²) in [5.41, 5.74) is 5.20. The van der Waals surface area contributed by atoms with Gasteiger partial charge in [-0.1, -0.05) is 18.0 Å². The fourth-order valence-corrected chi connectivity index (χ4v) is 3.91. The highest BCUT2D eigenvalue weighted by Gasteiger charge is 2.48. The summed E-state index contributed by atoms with van der Waals surface area (Å²) in [6.07, 6.45) is 6.45. The number of fused-ring (bicyclic) bond motifs is 3. The van der Waals surface area contributed by atoms with Crippen molar-refractivity contribution in [2.75, 3.05) is 0 Å². The molecule has 1 amide bonds. The first kappa shape index (κ1) is 13.8. The van der Waals surface area contributed by atoms with Crippen LogP contribution in [0.5, 0.6) is 0 Å². The quantitative estimate of drug-likeness (QED) is 0.892. The first-order valence-corrected chi connectivity index (χ1v) is 7.97. The lowest BCUT2D eigenvalue weighted by atomic mass is 9.81. The highest BCUT2D eigenvalue weighted by Crippen LogP contribution is 2.36. The number of carbonyl (C=O) groups is 1. The lowest BCUT2D eigenvalue weighted by molar-refractivity contribution is -0.138. The van der Waals surface area contributed by atoms with Gasteiger partial charge in [0.05, 0.1) is 12.2 Å². The smallest absolute Gasteiger partial charge is 0.267 e. The van der Waals surface area contributed by atoms with E-state index in [-0.39, 0.29) is 11.9 Å². The molecule has 0 radical (unpaired) electrons. The number of hydrazone groups is 1. The number of hydrazine groups is 1. The van der Waals surface area contributed by atoms with Gasteiger partial charge in [0, 0.05) is 17.5 Å². The number of carbonyl (C=O) groups excluding carboxylic acids is 1. The number of nitrogens with zero attached hydrogens (tertiary/aromatic N) is 4. The highest BCUT2D eigenvalue weighted by atomic mass is 16.5. The maximum absolute atomic E-state index is 12.9. The van der Waals surface area contributed by atoms with Crippen LogP contribution in [-0.2, 0) is 11.3 Å². The molecule has 118 valence electrons. The van der Waals surface area contributed by atoms with Gasteiger partial charge in [-0.2, -0.15) is 5.10 Å². The van der Waals surface area contributed by atoms with E-state index in [0.717, 1.165) is 29.9 Å². The molecule has 7 nitrogen and oxygen atoms in total. The Morgan fingerprint density at radius 2 is 2.18 bits per heavy atom. The zero-order chi connectivity index (χ0) is 15.3. The minimum Gasteiger partial charge on any atom is -0.361 e. The third kappa shape index (κ3) is 2.03. The van der Waals surface area contributed by atoms with E-state index in [0.29, 0.717) is 18.5 Å². The van der Waals surface area contributed by atoms with Crippen LogP contribution in [0.1, 0.15) is 42.7 Å². The van der Waals surface area contributed by atoms with E-state index in [1.807, 2.05) is 18.9 Å². The molecule has 1 aromatic heterocycles. The van der Waals surface area contributed by atoms with Gasteiger partial charge in [-0.3, -0.25) is 9.80 Å². The summed E-state index contributed by atoms with van der Waals surface area (Å²) in [7, 11) is 0. The predicted octanol–water partition coefficient (Wildman–Crippen LogP) is 1.32. The van der Waals surface area contributed by atoms with Gasteiger partial charge in [0.1, 0.15) is 18.1 Å². The molecule has 3 unspecified atom stereocenters. The SMILES string of the molecule is Cc1noc(C)c1CN1N=CN2NC3CCCCC3C2C1=O. The minimum atomic E-state index is -0.122. The Bertz CT molecular complexity index is 606. The van der Waals surface area contributed by atoms with Crippen LogP contribution in [0, 0.1) is 19.8 Å². The van der Waals surface area contributed by atoms with Crippen molar-refractivity contribution in [1.29, 1.82) is 0 Å². The third-order valence-electron chi connectivity index (χ3n) is 5.15. The summed E-state index contributed by atoms with van der Waals surface area (Å²) in [5, 5.41) is 11.7. The molecule has 1 aromatic rings. The average molecular weight is 303 g/mol. The number of amides is 1. The summed E-state index contributed by atoms with van der Waals surface area (Å²) < 4.78 is 5.18. The van der Waals surface area contributed by atoms with E-state index in [2.05, 4.69) is 15.7 Å². The van der Waals surface area contributed by atoms with Crippen LogP contribution in [0.25, 0.3) is 0 Å². The first-order valence-electron chi connectivity index (χ1n) is 7.97. The van der Waals surface area contributed by atoms with Crippen molar-refractivity contribution in [3.8, 4) is 0 Å². The predicted molar refractivity (Wildman–Crippen MR) is 79.5 cm³/mol. The number of rotatable bonds is 2. The standard InChI is InChI=1S/C15H21N5O2/c1-9-12(10(2)22-18-9)7-19-15(21)14-11-5-3-4-6-13(11)17-20(14)8-16-19/h8,11,13-14,17H,3-7H2,1-2H3. The van der Waals surface area contributed by atoms with Crippen molar-refractivity contribution in [2.24, 2.45) is 11.0 Å². The second-order valence-electron chi connectivity index (χ2n) is 6.47. The van der Waals surface area contributed by atoms with Crippen molar-refractivity contribution in [2.45, 2.75) is 58.2 Å². The normalized spacial score (nSPS) is 30.6. The molecule has 7 heteroatoms. The molecule has 3 atom stereocenters. The molecule has 1 N–H and O–H groups in total. The van der Waals surface area contributed by atoms with Crippen LogP contribution in [-0.4, -0.2) is 39.5 Å². The maximum atomic E-state index is 12.9. The molecule has 1 aliphatic carbocycles. The maximum Gasteiger partial charge on any atom is 0.267 e. The van der Waals surface area contributed by atoms with Crippen LogP contribution in [0.4, 0.5) is 0 Å². The molecule has 1 saturated heterocycles. The Balaban J connectivity index is 1.57. The Morgan fingerprint density at radius 1 is 1.36 bits per heavy atom. The lowest BCUT2D eigenvalue weighted by Gasteiger charge is -2.33. The molecule has 0 spiro atoms. The molecular formula is C15H21N5O2. The molecule has 0 aromatic carbocycles. The van der Waals surface area contributed by atoms with Crippen molar-refractivity contribution in [3.63, 3.8) is 0 Å². The van der Waals surface area contributed by atoms with Crippen molar-refractivity contribution in [3.05, 3.63) is 17.0 Å². The molecule has 2 fully saturated rings. The first-order chi connectivity index (χ1) is 10.6. The Kier molecular flexibility index (Phi) is 3.18. The Hall–Kier alpha value is -1.89. The van der Waals surface area contributed by atoms with E-state index < -0.39 is 0 Å². The molecule has 1 saturated carbocycles. The van der Waals surface area contributed by atoms with Crippen LogP contribution in [0.15, 0.2) is 9.62 Å². The minimum absolute atomic E-state index is 0.0735. The highest BCUT2D eigenvalue weighted by molar-refractivity contribution is 5.87. The van der Waals surface area contributed by atoms with Gasteiger partial charge < -0.3 is 4.52 Å². The van der Waals surface area contributed by atoms with E-state index in [4.69, 9.17) is 4.52 Å². The zero-order valence-electron chi connectivity index (χ0n) is 13.0. The molecule has 3 aliphatic rings. The van der Waals surface area contributed by atoms with Crippen molar-refractivity contribution in [1.82, 2.24) is 20.6 Å². The molecule has 0 bridgehead atoms. The van der Waals surface area contributed by atoms with Gasteiger partial charge in [0.2, 0.25) is 0 Å². The summed E-state index contributed by atoms with van der Waals surface area (Å²) in [4.78, 5) is 12.9. The van der Waals surface area contributed by atoms with Crippen molar-refractivity contribution >= 4 is 12.2 Å². The molecule has 4 rings (SSSR count). The van der Waals surface area contributed by atoms with E-state index in [9.17, 15) is 4.79 Å². The van der Waals surface area contributed by atoms with Gasteiger partial charge in [-0.25, -0.2) is 10.4 Å². The molecule has 3 heterocycles. The number of nitrogens with one attached hydrogen (secondary N) is 1. The van der Waals surface area contributed by atoms with Gasteiger partial charge >= 0.3 is 0 Å². The fourth-order valence-electron chi connectivity index (χ4n) is 3.91. The summed E-state index contributed by atoms with van der Waals surface area (Å²) in [5.74, 6) is 1.22. The lowest BCUT2D eigenvalue weighted by Crippen LogP contribution is -2.52. The fraction of sp³-hybridized carbons (Fsp3) is 0.667. The van der Waals surface area contributed by atoms with Gasteiger partial charge in [-0.05, 0) is 26.7 Å². The molecule has 22 heavy (non-hydrogen) atoms. The summed E-state index contributed by atoms with van der Waals surface area (Å²) in [6.45, 7) is 4.19. The topological polar surface area (TPSA) is 74.0 Å². The van der Waals surface area contributed by atoms with E-state index in [1.54, 1.807) is 11.3 Å². The number of hydrogen-bond donors (Lipinski definition) is 1. The second-order valence-corrected chi connectivity index (χ2v) is 6.47. The molecular weight excluding hydrogens is 282 g/mol. The van der Waals surface area contributed by atoms with Crippen LogP contribution >= 0.6 is 0 Å². The summed E-state index contributed by atoms with van der Waals surface area (Å²) >= 11 is 0. The Morgan fingerprint density at radius 3 is 2.95 bits per heavy atom. The van der Waals surface area contributed by atoms with Crippen LogP contribution in [0.2, 0.25) is 0 Å². The number of hydrogen-bond acceptors (Lipinski definition) is 6. The van der Waals surface area contributed by atoms with Gasteiger partial charge in [0.25, 0.3) is 5.91 Å². The van der Waals surface area contributed by atoms with Crippen LogP contribution < -0.4 is 5.43 Å². The van der Waals surface area contributed by atoms with E-state index in [1.165, 1.54) is 12.8 Å². The largest absolute Gasteiger partial charge is 0.361 e. The van der Waals surface area contributed by atoms with Gasteiger partial charge in [0.15, 0.2) is 0 Å². The third-order valence-corrected chi connectivity index (χ3v) is 5.15. The number of aryl methyl sites for hydroxylation is 2. The monoisotopic (exact) mass is 303 g/mol. The van der Waals surface area contributed by atoms with Crippen LogP contribution in [0.3, 0.4) is 0 Å². The Labute approximate surface area is 129 Å². The average Bonchev–Trinajstić information content (AvgIpc) is 3.04. The summed E-state index contributed by atoms with van der Waals surface area (Å²) in [6, 6.07) is 0.288. The van der Waals surface area contributed by atoms with Gasteiger partial charge in [-0.15, -0.1) is 0 Å². The molecule has 2 aliphatic heterocycles. The van der Waals surface area contributed by atoms with E-state index >= 15 is 0 Å². The van der Waals surface area contributed by atoms with Crippen molar-refractivity contribution < 1.29 is 9.32 Å². The zero-order valence-corrected chi connectivity index (χ0v) is 13.0. The second kappa shape index (κ2) is 5.08.